The largest absolute Gasteiger partial charge is 0.465 e. The summed E-state index contributed by atoms with van der Waals surface area (Å²) in [5, 5.41) is 7.09. The zero-order valence-electron chi connectivity index (χ0n) is 14.2. The molecule has 1 aromatic heterocycles. The van der Waals surface area contributed by atoms with Crippen LogP contribution in [0.3, 0.4) is 0 Å². The van der Waals surface area contributed by atoms with Crippen molar-refractivity contribution in [2.24, 2.45) is 5.92 Å². The van der Waals surface area contributed by atoms with Crippen molar-refractivity contribution in [3.63, 3.8) is 0 Å². The van der Waals surface area contributed by atoms with E-state index in [0.29, 0.717) is 12.1 Å². The number of nitrogens with zero attached hydrogens (tertiary/aromatic N) is 2. The van der Waals surface area contributed by atoms with Crippen molar-refractivity contribution in [2.45, 2.75) is 32.2 Å². The van der Waals surface area contributed by atoms with Gasteiger partial charge in [0.1, 0.15) is 0 Å². The van der Waals surface area contributed by atoms with Crippen LogP contribution in [0.25, 0.3) is 0 Å². The Hall–Kier alpha value is -2.63. The van der Waals surface area contributed by atoms with Crippen LogP contribution in [0.1, 0.15) is 39.2 Å². The SMILES string of the molecule is COC(=O)c1ccc2c(c1)CN(C(=O)C1CCc3[nH]ncc3C1)CC2. The molecule has 1 unspecified atom stereocenters. The van der Waals surface area contributed by atoms with Gasteiger partial charge in [0.25, 0.3) is 0 Å². The maximum atomic E-state index is 13.0. The van der Waals surface area contributed by atoms with Crippen molar-refractivity contribution in [1.82, 2.24) is 15.1 Å². The smallest absolute Gasteiger partial charge is 0.337 e. The normalized spacial score (nSPS) is 19.1. The Morgan fingerprint density at radius 1 is 1.24 bits per heavy atom. The summed E-state index contributed by atoms with van der Waals surface area (Å²) in [6, 6.07) is 5.63. The number of carbonyl (C=O) groups is 2. The Bertz CT molecular complexity index is 827. The van der Waals surface area contributed by atoms with Crippen LogP contribution in [0.4, 0.5) is 0 Å². The summed E-state index contributed by atoms with van der Waals surface area (Å²) in [5.74, 6) is -0.109. The molecule has 4 rings (SSSR count). The van der Waals surface area contributed by atoms with Crippen molar-refractivity contribution < 1.29 is 14.3 Å². The van der Waals surface area contributed by atoms with Gasteiger partial charge in [-0.3, -0.25) is 9.89 Å². The molecule has 0 saturated heterocycles. The van der Waals surface area contributed by atoms with Gasteiger partial charge in [-0.1, -0.05) is 6.07 Å². The summed E-state index contributed by atoms with van der Waals surface area (Å²) in [7, 11) is 1.38. The van der Waals surface area contributed by atoms with Gasteiger partial charge in [-0.15, -0.1) is 0 Å². The summed E-state index contributed by atoms with van der Waals surface area (Å²) in [6.45, 7) is 1.30. The highest BCUT2D eigenvalue weighted by Crippen LogP contribution is 2.28. The maximum Gasteiger partial charge on any atom is 0.337 e. The predicted octanol–water partition coefficient (Wildman–Crippen LogP) is 1.89. The number of hydrogen-bond acceptors (Lipinski definition) is 4. The van der Waals surface area contributed by atoms with Gasteiger partial charge in [0, 0.05) is 24.7 Å². The highest BCUT2D eigenvalue weighted by molar-refractivity contribution is 5.89. The molecule has 0 fully saturated rings. The Labute approximate surface area is 146 Å². The summed E-state index contributed by atoms with van der Waals surface area (Å²) in [5.41, 5.74) is 5.11. The molecule has 1 aliphatic carbocycles. The Morgan fingerprint density at radius 2 is 2.12 bits per heavy atom. The summed E-state index contributed by atoms with van der Waals surface area (Å²) < 4.78 is 4.79. The molecule has 2 aliphatic rings. The zero-order valence-corrected chi connectivity index (χ0v) is 14.2. The molecule has 1 aromatic carbocycles. The lowest BCUT2D eigenvalue weighted by atomic mass is 9.86. The minimum absolute atomic E-state index is 0.0236. The molecule has 1 aliphatic heterocycles. The number of benzene rings is 1. The van der Waals surface area contributed by atoms with E-state index in [2.05, 4.69) is 10.2 Å². The third kappa shape index (κ3) is 2.92. The van der Waals surface area contributed by atoms with Crippen LogP contribution in [-0.4, -0.2) is 40.6 Å². The number of hydrogen-bond donors (Lipinski definition) is 1. The number of ether oxygens (including phenoxy) is 1. The van der Waals surface area contributed by atoms with E-state index in [9.17, 15) is 9.59 Å². The number of aromatic nitrogens is 2. The number of methoxy groups -OCH3 is 1. The molecule has 6 heteroatoms. The third-order valence-corrected chi connectivity index (χ3v) is 5.32. The van der Waals surface area contributed by atoms with E-state index < -0.39 is 0 Å². The van der Waals surface area contributed by atoms with Crippen LogP contribution < -0.4 is 0 Å². The van der Waals surface area contributed by atoms with Crippen LogP contribution in [0.5, 0.6) is 0 Å². The van der Waals surface area contributed by atoms with Crippen LogP contribution in [0.2, 0.25) is 0 Å². The fourth-order valence-corrected chi connectivity index (χ4v) is 3.88. The lowest BCUT2D eigenvalue weighted by Gasteiger charge is -2.33. The Balaban J connectivity index is 1.50. The van der Waals surface area contributed by atoms with E-state index in [4.69, 9.17) is 4.74 Å². The summed E-state index contributed by atoms with van der Waals surface area (Å²) in [6.07, 6.45) is 5.16. The maximum absolute atomic E-state index is 13.0. The van der Waals surface area contributed by atoms with E-state index in [-0.39, 0.29) is 17.8 Å². The van der Waals surface area contributed by atoms with Crippen molar-refractivity contribution in [1.29, 1.82) is 0 Å². The fourth-order valence-electron chi connectivity index (χ4n) is 3.88. The lowest BCUT2D eigenvalue weighted by Crippen LogP contribution is -2.41. The van der Waals surface area contributed by atoms with Crippen LogP contribution >= 0.6 is 0 Å². The van der Waals surface area contributed by atoms with Gasteiger partial charge in [0.05, 0.1) is 18.9 Å². The van der Waals surface area contributed by atoms with Gasteiger partial charge in [0.2, 0.25) is 5.91 Å². The zero-order chi connectivity index (χ0) is 17.4. The van der Waals surface area contributed by atoms with E-state index in [1.165, 1.54) is 12.7 Å². The van der Waals surface area contributed by atoms with Crippen molar-refractivity contribution in [2.75, 3.05) is 13.7 Å². The minimum atomic E-state index is -0.342. The van der Waals surface area contributed by atoms with E-state index in [1.807, 2.05) is 23.2 Å². The molecule has 0 spiro atoms. The van der Waals surface area contributed by atoms with E-state index in [0.717, 1.165) is 49.0 Å². The van der Waals surface area contributed by atoms with Gasteiger partial charge >= 0.3 is 5.97 Å². The number of carbonyl (C=O) groups excluding carboxylic acids is 2. The molecule has 1 amide bonds. The number of esters is 1. The molecule has 1 atom stereocenters. The van der Waals surface area contributed by atoms with Gasteiger partial charge < -0.3 is 9.64 Å². The first-order chi connectivity index (χ1) is 12.2. The molecular weight excluding hydrogens is 318 g/mol. The average Bonchev–Trinajstić information content (AvgIpc) is 3.13. The first kappa shape index (κ1) is 15.9. The summed E-state index contributed by atoms with van der Waals surface area (Å²) in [4.78, 5) is 26.6. The predicted molar refractivity (Wildman–Crippen MR) is 91.0 cm³/mol. The molecular formula is C19H21N3O3. The number of nitrogens with one attached hydrogen (secondary N) is 1. The van der Waals surface area contributed by atoms with Crippen LogP contribution in [-0.2, 0) is 35.3 Å². The van der Waals surface area contributed by atoms with Gasteiger partial charge in [0.15, 0.2) is 0 Å². The van der Waals surface area contributed by atoms with E-state index >= 15 is 0 Å². The Morgan fingerprint density at radius 3 is 2.96 bits per heavy atom. The number of aromatic amines is 1. The molecule has 2 aromatic rings. The summed E-state index contributed by atoms with van der Waals surface area (Å²) >= 11 is 0. The molecule has 1 N–H and O–H groups in total. The van der Waals surface area contributed by atoms with Gasteiger partial charge in [-0.2, -0.15) is 5.10 Å². The van der Waals surface area contributed by atoms with Gasteiger partial charge in [-0.05, 0) is 54.5 Å². The quantitative estimate of drug-likeness (QED) is 0.848. The number of aryl methyl sites for hydroxylation is 1. The molecule has 130 valence electrons. The van der Waals surface area contributed by atoms with Gasteiger partial charge in [-0.25, -0.2) is 4.79 Å². The number of rotatable bonds is 2. The Kier molecular flexibility index (Phi) is 4.03. The second kappa shape index (κ2) is 6.35. The minimum Gasteiger partial charge on any atom is -0.465 e. The number of H-pyrrole nitrogens is 1. The topological polar surface area (TPSA) is 75.3 Å². The highest BCUT2D eigenvalue weighted by Gasteiger charge is 2.31. The molecule has 0 radical (unpaired) electrons. The molecule has 2 heterocycles. The molecule has 25 heavy (non-hydrogen) atoms. The average molecular weight is 339 g/mol. The highest BCUT2D eigenvalue weighted by atomic mass is 16.5. The van der Waals surface area contributed by atoms with E-state index in [1.54, 1.807) is 6.07 Å². The first-order valence-corrected chi connectivity index (χ1v) is 8.65. The lowest BCUT2D eigenvalue weighted by molar-refractivity contribution is -0.136. The number of fused-ring (bicyclic) bond motifs is 2. The monoisotopic (exact) mass is 339 g/mol. The first-order valence-electron chi connectivity index (χ1n) is 8.65. The second-order valence-corrected chi connectivity index (χ2v) is 6.80. The molecule has 0 bridgehead atoms. The second-order valence-electron chi connectivity index (χ2n) is 6.80. The van der Waals surface area contributed by atoms with Crippen LogP contribution in [0.15, 0.2) is 24.4 Å². The number of amides is 1. The standard InChI is InChI=1S/C19H21N3O3/c1-25-19(24)14-3-2-12-6-7-22(11-16(12)9-14)18(23)13-4-5-17-15(8-13)10-20-21-17/h2-3,9-10,13H,4-8,11H2,1H3,(H,20,21). The van der Waals surface area contributed by atoms with Crippen molar-refractivity contribution in [3.05, 3.63) is 52.3 Å². The third-order valence-electron chi connectivity index (χ3n) is 5.32. The van der Waals surface area contributed by atoms with Crippen LogP contribution in [0, 0.1) is 5.92 Å². The van der Waals surface area contributed by atoms with Crippen molar-refractivity contribution >= 4 is 11.9 Å². The van der Waals surface area contributed by atoms with Crippen molar-refractivity contribution in [3.8, 4) is 0 Å². The molecule has 6 nitrogen and oxygen atoms in total. The fraction of sp³-hybridized carbons (Fsp3) is 0.421. The molecule has 0 saturated carbocycles.